The Bertz CT molecular complexity index is 1220. The van der Waals surface area contributed by atoms with Crippen molar-refractivity contribution < 1.29 is 33.2 Å². The van der Waals surface area contributed by atoms with Gasteiger partial charge in [-0.05, 0) is 85.5 Å². The first-order valence-corrected chi connectivity index (χ1v) is 16.0. The molecular formula is C32H52N6O7. The van der Waals surface area contributed by atoms with E-state index in [1.807, 2.05) is 41.5 Å². The van der Waals surface area contributed by atoms with Crippen LogP contribution in [0.2, 0.25) is 0 Å². The highest BCUT2D eigenvalue weighted by Crippen LogP contribution is 2.23. The van der Waals surface area contributed by atoms with Gasteiger partial charge in [-0.25, -0.2) is 9.59 Å². The van der Waals surface area contributed by atoms with Crippen molar-refractivity contribution in [3.05, 3.63) is 36.1 Å². The number of ether oxygens (including phenoxy) is 2. The Kier molecular flexibility index (Phi) is 13.4. The number of carbonyl (C=O) groups is 2. The lowest BCUT2D eigenvalue weighted by Gasteiger charge is -2.33. The molecule has 45 heavy (non-hydrogen) atoms. The maximum atomic E-state index is 12.2. The summed E-state index contributed by atoms with van der Waals surface area (Å²) in [4.78, 5) is 36.5. The molecule has 2 aliphatic rings. The van der Waals surface area contributed by atoms with Crippen LogP contribution in [0, 0.1) is 11.8 Å². The predicted octanol–water partition coefficient (Wildman–Crippen LogP) is 5.17. The van der Waals surface area contributed by atoms with Crippen LogP contribution < -0.4 is 0 Å². The minimum absolute atomic E-state index is 0.116. The zero-order valence-corrected chi connectivity index (χ0v) is 27.9. The van der Waals surface area contributed by atoms with Gasteiger partial charge in [0.15, 0.2) is 11.6 Å². The molecule has 4 rings (SSSR count). The molecule has 2 amide bonds. The van der Waals surface area contributed by atoms with Gasteiger partial charge in [-0.1, -0.05) is 16.4 Å². The highest BCUT2D eigenvalue weighted by atomic mass is 16.6. The molecule has 0 saturated carbocycles. The zero-order chi connectivity index (χ0) is 33.0. The Morgan fingerprint density at radius 1 is 0.867 bits per heavy atom. The van der Waals surface area contributed by atoms with Gasteiger partial charge in [-0.3, -0.25) is 0 Å². The first-order chi connectivity index (χ1) is 21.2. The predicted molar refractivity (Wildman–Crippen MR) is 166 cm³/mol. The van der Waals surface area contributed by atoms with Crippen LogP contribution in [0.5, 0.6) is 0 Å². The Morgan fingerprint density at radius 3 is 1.78 bits per heavy atom. The molecule has 1 N–H and O–H groups in total. The number of hydrogen-bond donors (Lipinski definition) is 1. The van der Waals surface area contributed by atoms with Gasteiger partial charge in [0.2, 0.25) is 11.8 Å². The third-order valence-electron chi connectivity index (χ3n) is 7.17. The van der Waals surface area contributed by atoms with Gasteiger partial charge >= 0.3 is 12.2 Å². The molecule has 0 spiro atoms. The number of aliphatic hydroxyl groups excluding tert-OH is 1. The lowest BCUT2D eigenvalue weighted by Crippen LogP contribution is -2.43. The monoisotopic (exact) mass is 632 g/mol. The summed E-state index contributed by atoms with van der Waals surface area (Å²) in [5.41, 5.74) is -0.934. The van der Waals surface area contributed by atoms with Crippen LogP contribution in [0.4, 0.5) is 9.59 Å². The standard InChI is InChI=1S/C16H27N3O4.C16H25N3O3/c1-16(2,3)22-15(21)19-8-4-6-12(11-19)10-13-17-14(23-18-13)7-5-9-20;1-5-7-14-17-13(18-22-14)10-12-8-6-9-19(11-12)15(20)21-16(2,3)4/h12,20H,4-11H2,1-3H3;5,12H,1,6-11H2,2-4H3. The molecule has 2 aromatic rings. The van der Waals surface area contributed by atoms with Gasteiger partial charge < -0.3 is 33.4 Å². The molecule has 2 aromatic heterocycles. The van der Waals surface area contributed by atoms with E-state index in [1.165, 1.54) is 0 Å². The van der Waals surface area contributed by atoms with Crippen LogP contribution in [0.1, 0.15) is 97.1 Å². The van der Waals surface area contributed by atoms with E-state index < -0.39 is 11.2 Å². The van der Waals surface area contributed by atoms with E-state index in [0.717, 1.165) is 45.2 Å². The summed E-state index contributed by atoms with van der Waals surface area (Å²) in [5.74, 6) is 3.19. The minimum Gasteiger partial charge on any atom is -0.444 e. The summed E-state index contributed by atoms with van der Waals surface area (Å²) in [6, 6.07) is 0. The number of piperidine rings is 2. The molecule has 0 aromatic carbocycles. The summed E-state index contributed by atoms with van der Waals surface area (Å²) in [5, 5.41) is 16.8. The van der Waals surface area contributed by atoms with Crippen molar-refractivity contribution >= 4 is 12.2 Å². The SMILES string of the molecule is C=CCc1nc(CC2CCCN(C(=O)OC(C)(C)C)C2)no1.CC(C)(C)OC(=O)N1CCCC(Cc2noc(CCCO)n2)C1. The molecule has 13 heteroatoms. The van der Waals surface area contributed by atoms with E-state index >= 15 is 0 Å². The molecular weight excluding hydrogens is 580 g/mol. The molecule has 0 bridgehead atoms. The van der Waals surface area contributed by atoms with Crippen LogP contribution in [0.25, 0.3) is 0 Å². The Labute approximate surface area is 266 Å². The average molecular weight is 633 g/mol. The van der Waals surface area contributed by atoms with Crippen molar-refractivity contribution in [1.29, 1.82) is 0 Å². The molecule has 2 aliphatic heterocycles. The topological polar surface area (TPSA) is 157 Å². The van der Waals surface area contributed by atoms with Crippen LogP contribution >= 0.6 is 0 Å². The van der Waals surface area contributed by atoms with Crippen molar-refractivity contribution in [2.45, 2.75) is 111 Å². The Morgan fingerprint density at radius 2 is 1.33 bits per heavy atom. The van der Waals surface area contributed by atoms with E-state index in [-0.39, 0.29) is 18.8 Å². The van der Waals surface area contributed by atoms with Crippen LogP contribution in [0.3, 0.4) is 0 Å². The fourth-order valence-electron chi connectivity index (χ4n) is 5.25. The molecule has 2 saturated heterocycles. The first-order valence-electron chi connectivity index (χ1n) is 16.0. The fraction of sp³-hybridized carbons (Fsp3) is 0.750. The van der Waals surface area contributed by atoms with E-state index in [0.29, 0.717) is 74.0 Å². The summed E-state index contributed by atoms with van der Waals surface area (Å²) in [6.45, 7) is 17.9. The number of aliphatic hydroxyl groups is 1. The lowest BCUT2D eigenvalue weighted by molar-refractivity contribution is 0.0155. The molecule has 2 fully saturated rings. The van der Waals surface area contributed by atoms with Gasteiger partial charge in [-0.15, -0.1) is 6.58 Å². The fourth-order valence-corrected chi connectivity index (χ4v) is 5.25. The highest BCUT2D eigenvalue weighted by Gasteiger charge is 2.30. The third-order valence-corrected chi connectivity index (χ3v) is 7.17. The smallest absolute Gasteiger partial charge is 0.410 e. The van der Waals surface area contributed by atoms with E-state index in [2.05, 4.69) is 26.9 Å². The van der Waals surface area contributed by atoms with Crippen molar-refractivity contribution in [2.75, 3.05) is 32.8 Å². The molecule has 2 unspecified atom stereocenters. The second-order valence-electron chi connectivity index (χ2n) is 13.8. The van der Waals surface area contributed by atoms with Crippen molar-refractivity contribution in [3.8, 4) is 0 Å². The Balaban J connectivity index is 0.000000246. The van der Waals surface area contributed by atoms with E-state index in [9.17, 15) is 9.59 Å². The number of nitrogens with zero attached hydrogens (tertiary/aromatic N) is 6. The van der Waals surface area contributed by atoms with Crippen molar-refractivity contribution in [2.24, 2.45) is 11.8 Å². The molecule has 252 valence electrons. The molecule has 4 heterocycles. The lowest BCUT2D eigenvalue weighted by atomic mass is 9.95. The average Bonchev–Trinajstić information content (AvgIpc) is 3.60. The molecule has 2 atom stereocenters. The number of aryl methyl sites for hydroxylation is 1. The maximum absolute atomic E-state index is 12.2. The molecule has 0 aliphatic carbocycles. The Hall–Kier alpha value is -3.48. The van der Waals surface area contributed by atoms with Gasteiger partial charge in [-0.2, -0.15) is 9.97 Å². The number of aromatic nitrogens is 4. The highest BCUT2D eigenvalue weighted by molar-refractivity contribution is 5.68. The normalized spacial score (nSPS) is 19.0. The molecule has 13 nitrogen and oxygen atoms in total. The minimum atomic E-state index is -0.473. The number of amides is 2. The van der Waals surface area contributed by atoms with E-state index in [1.54, 1.807) is 15.9 Å². The van der Waals surface area contributed by atoms with E-state index in [4.69, 9.17) is 23.6 Å². The quantitative estimate of drug-likeness (QED) is 0.364. The number of carbonyl (C=O) groups excluding carboxylic acids is 2. The number of rotatable bonds is 9. The largest absolute Gasteiger partial charge is 0.444 e. The van der Waals surface area contributed by atoms with Crippen molar-refractivity contribution in [1.82, 2.24) is 30.1 Å². The number of likely N-dealkylation sites (tertiary alicyclic amines) is 2. The second kappa shape index (κ2) is 16.7. The van der Waals surface area contributed by atoms with Gasteiger partial charge in [0.25, 0.3) is 0 Å². The summed E-state index contributed by atoms with van der Waals surface area (Å²) in [6.07, 6.45) is 8.50. The maximum Gasteiger partial charge on any atom is 0.410 e. The third kappa shape index (κ3) is 13.2. The molecule has 0 radical (unpaired) electrons. The number of allylic oxidation sites excluding steroid dienone is 1. The summed E-state index contributed by atoms with van der Waals surface area (Å²) < 4.78 is 21.2. The van der Waals surface area contributed by atoms with Gasteiger partial charge in [0, 0.05) is 58.5 Å². The second-order valence-corrected chi connectivity index (χ2v) is 13.8. The van der Waals surface area contributed by atoms with Crippen LogP contribution in [-0.4, -0.2) is 91.4 Å². The van der Waals surface area contributed by atoms with Crippen molar-refractivity contribution in [3.63, 3.8) is 0 Å². The summed E-state index contributed by atoms with van der Waals surface area (Å²) in [7, 11) is 0. The van der Waals surface area contributed by atoms with Crippen LogP contribution in [-0.2, 0) is 35.2 Å². The zero-order valence-electron chi connectivity index (χ0n) is 27.9. The van der Waals surface area contributed by atoms with Gasteiger partial charge in [0.05, 0.1) is 0 Å². The van der Waals surface area contributed by atoms with Gasteiger partial charge in [0.1, 0.15) is 11.2 Å². The van der Waals surface area contributed by atoms with Crippen LogP contribution in [0.15, 0.2) is 21.7 Å². The summed E-state index contributed by atoms with van der Waals surface area (Å²) >= 11 is 0. The number of hydrogen-bond acceptors (Lipinski definition) is 11. The first kappa shape index (κ1) is 36.0.